The molecule has 0 saturated heterocycles. The molecule has 0 heterocycles. The molecule has 62 heavy (non-hydrogen) atoms. The third-order valence-corrected chi connectivity index (χ3v) is 10.4. The van der Waals surface area contributed by atoms with Crippen molar-refractivity contribution >= 4 is 17.9 Å². The molecule has 0 rings (SSSR count). The van der Waals surface area contributed by atoms with Crippen LogP contribution in [0.2, 0.25) is 0 Å². The number of hydrogen-bond donors (Lipinski definition) is 0. The number of carbonyl (C=O) groups excluding carboxylic acids is 3. The summed E-state index contributed by atoms with van der Waals surface area (Å²) in [5.74, 6) is -1.81. The number of likely N-dealkylation sites (N-methyl/N-ethyl adjacent to an activating group) is 1. The molecule has 0 radical (unpaired) electrons. The van der Waals surface area contributed by atoms with Gasteiger partial charge in [-0.25, -0.2) is 0 Å². The van der Waals surface area contributed by atoms with Crippen molar-refractivity contribution in [3.63, 3.8) is 0 Å². The Kier molecular flexibility index (Phi) is 41.2. The van der Waals surface area contributed by atoms with E-state index < -0.39 is 18.1 Å². The Bertz CT molecular complexity index is 1330. The third kappa shape index (κ3) is 41.6. The summed E-state index contributed by atoms with van der Waals surface area (Å²) in [5.41, 5.74) is 0. The highest BCUT2D eigenvalue weighted by molar-refractivity contribution is 5.70. The van der Waals surface area contributed by atoms with Crippen LogP contribution >= 0.6 is 0 Å². The first-order valence-corrected chi connectivity index (χ1v) is 24.4. The van der Waals surface area contributed by atoms with Gasteiger partial charge in [-0.15, -0.1) is 0 Å². The second-order valence-electron chi connectivity index (χ2n) is 17.1. The highest BCUT2D eigenvalue weighted by atomic mass is 16.6. The fraction of sp³-hybridized carbons (Fsp3) is 0.648. The maximum absolute atomic E-state index is 12.7. The molecule has 0 aromatic heterocycles. The Hall–Kier alpha value is -3.75. The molecule has 2 atom stereocenters. The number of hydrogen-bond acceptors (Lipinski definition) is 7. The predicted molar refractivity (Wildman–Crippen MR) is 258 cm³/mol. The average Bonchev–Trinajstić information content (AvgIpc) is 3.23. The van der Waals surface area contributed by atoms with Gasteiger partial charge in [0.15, 0.2) is 6.10 Å². The molecule has 352 valence electrons. The van der Waals surface area contributed by atoms with Gasteiger partial charge in [-0.1, -0.05) is 195 Å². The monoisotopic (exact) mass is 864 g/mol. The summed E-state index contributed by atoms with van der Waals surface area (Å²) >= 11 is 0. The summed E-state index contributed by atoms with van der Waals surface area (Å²) in [6, 6.07) is -0.741. The normalized spacial score (nSPS) is 13.8. The number of nitrogens with zero attached hydrogens (tertiary/aromatic N) is 1. The van der Waals surface area contributed by atoms with Gasteiger partial charge in [0, 0.05) is 19.3 Å². The van der Waals surface area contributed by atoms with Crippen LogP contribution in [0.25, 0.3) is 0 Å². The smallest absolute Gasteiger partial charge is 0.306 e. The molecule has 0 aliphatic rings. The lowest BCUT2D eigenvalue weighted by molar-refractivity contribution is -0.889. The lowest BCUT2D eigenvalue weighted by atomic mass is 10.1. The summed E-state index contributed by atoms with van der Waals surface area (Å²) in [6.07, 6.45) is 58.6. The van der Waals surface area contributed by atoms with Crippen molar-refractivity contribution in [2.45, 2.75) is 187 Å². The van der Waals surface area contributed by atoms with E-state index in [0.717, 1.165) is 44.9 Å². The largest absolute Gasteiger partial charge is 0.544 e. The number of unbranched alkanes of at least 4 members (excludes halogenated alkanes) is 18. The summed E-state index contributed by atoms with van der Waals surface area (Å²) < 4.78 is 17.2. The summed E-state index contributed by atoms with van der Waals surface area (Å²) in [7, 11) is 5.38. The van der Waals surface area contributed by atoms with Crippen molar-refractivity contribution in [3.8, 4) is 0 Å². The number of carboxylic acid groups (broad SMARTS) is 1. The second kappa shape index (κ2) is 43.9. The van der Waals surface area contributed by atoms with E-state index in [-0.39, 0.29) is 49.1 Å². The van der Waals surface area contributed by atoms with E-state index in [1.54, 1.807) is 21.1 Å². The molecular weight excluding hydrogens is 775 g/mol. The van der Waals surface area contributed by atoms with Crippen molar-refractivity contribution in [2.75, 3.05) is 41.0 Å². The third-order valence-electron chi connectivity index (χ3n) is 10.4. The highest BCUT2D eigenvalue weighted by Gasteiger charge is 2.25. The van der Waals surface area contributed by atoms with Gasteiger partial charge in [0.25, 0.3) is 0 Å². The minimum absolute atomic E-state index is 0.0145. The molecule has 2 unspecified atom stereocenters. The number of allylic oxidation sites excluding steroid dienone is 16. The molecule has 0 bridgehead atoms. The van der Waals surface area contributed by atoms with Crippen LogP contribution in [0.3, 0.4) is 0 Å². The summed E-state index contributed by atoms with van der Waals surface area (Å²) in [4.78, 5) is 37.0. The van der Waals surface area contributed by atoms with Gasteiger partial charge in [0.05, 0.1) is 40.3 Å². The van der Waals surface area contributed by atoms with Crippen molar-refractivity contribution < 1.29 is 38.2 Å². The van der Waals surface area contributed by atoms with Crippen LogP contribution in [-0.2, 0) is 28.6 Å². The molecule has 0 N–H and O–H groups in total. The van der Waals surface area contributed by atoms with Gasteiger partial charge in [-0.2, -0.15) is 0 Å². The fourth-order valence-electron chi connectivity index (χ4n) is 6.64. The highest BCUT2D eigenvalue weighted by Crippen LogP contribution is 2.14. The quantitative estimate of drug-likeness (QED) is 0.0198. The minimum Gasteiger partial charge on any atom is -0.544 e. The predicted octanol–water partition coefficient (Wildman–Crippen LogP) is 12.5. The Morgan fingerprint density at radius 1 is 0.500 bits per heavy atom. The summed E-state index contributed by atoms with van der Waals surface area (Å²) in [6.45, 7) is 4.45. The second-order valence-corrected chi connectivity index (χ2v) is 17.1. The molecule has 0 aromatic carbocycles. The van der Waals surface area contributed by atoms with Crippen LogP contribution < -0.4 is 5.11 Å². The van der Waals surface area contributed by atoms with Gasteiger partial charge in [-0.05, 0) is 57.8 Å². The van der Waals surface area contributed by atoms with Gasteiger partial charge >= 0.3 is 11.9 Å². The lowest BCUT2D eigenvalue weighted by Gasteiger charge is -2.34. The molecule has 0 aliphatic carbocycles. The standard InChI is InChI=1S/C54H89NO7/c1-6-8-10-12-14-16-18-20-22-24-26-28-30-32-34-36-38-40-42-44-52(56)61-49-50(48-60-47-46-51(54(58)59)55(3,4)5)62-53(57)45-43-41-39-37-35-33-31-29-27-25-23-21-19-17-15-13-11-9-7-2/h9,11,13,15,17,19,21,23-27,29,31,33,35,50-51H,6-8,10,12,14,16,18,20,22,28,30,32,34,36-49H2,1-5H3/b11-9+,15-13+,19-17+,23-21+,26-24+,27-25+,31-29+,35-33+. The average molecular weight is 864 g/mol. The van der Waals surface area contributed by atoms with Crippen molar-refractivity contribution in [1.82, 2.24) is 0 Å². The van der Waals surface area contributed by atoms with E-state index in [0.29, 0.717) is 12.8 Å². The Labute approximate surface area is 379 Å². The van der Waals surface area contributed by atoms with Crippen LogP contribution in [0.1, 0.15) is 174 Å². The molecule has 0 amide bonds. The van der Waals surface area contributed by atoms with Crippen molar-refractivity contribution in [1.29, 1.82) is 0 Å². The first-order chi connectivity index (χ1) is 30.1. The van der Waals surface area contributed by atoms with Crippen LogP contribution in [-0.4, -0.2) is 75.5 Å². The maximum atomic E-state index is 12.7. The zero-order chi connectivity index (χ0) is 45.6. The van der Waals surface area contributed by atoms with E-state index >= 15 is 0 Å². The molecule has 0 aliphatic heterocycles. The molecule has 0 spiro atoms. The van der Waals surface area contributed by atoms with E-state index in [9.17, 15) is 19.5 Å². The Morgan fingerprint density at radius 2 is 0.919 bits per heavy atom. The van der Waals surface area contributed by atoms with Crippen LogP contribution in [0, 0.1) is 0 Å². The number of rotatable bonds is 42. The molecule has 0 aromatic rings. The summed E-state index contributed by atoms with van der Waals surface area (Å²) in [5, 5.41) is 11.7. The van der Waals surface area contributed by atoms with Gasteiger partial charge in [-0.3, -0.25) is 9.59 Å². The number of quaternary nitrogens is 1. The minimum atomic E-state index is -1.14. The Balaban J connectivity index is 4.41. The zero-order valence-corrected chi connectivity index (χ0v) is 40.0. The first-order valence-electron chi connectivity index (χ1n) is 24.4. The number of carboxylic acids is 1. The number of ether oxygens (including phenoxy) is 3. The Morgan fingerprint density at radius 3 is 1.40 bits per heavy atom. The molecule has 0 saturated carbocycles. The fourth-order valence-corrected chi connectivity index (χ4v) is 6.64. The molecule has 8 heteroatoms. The molecular formula is C54H89NO7. The van der Waals surface area contributed by atoms with Gasteiger partial charge < -0.3 is 28.6 Å². The number of carbonyl (C=O) groups is 3. The van der Waals surface area contributed by atoms with E-state index in [4.69, 9.17) is 14.2 Å². The maximum Gasteiger partial charge on any atom is 0.306 e. The molecule has 0 fully saturated rings. The SMILES string of the molecule is CC/C=C/C=C/C=C/C=C/C=C/C=C/C=C/CCCCCC(=O)OC(COCCC(C(=O)[O-])[N+](C)(C)C)COC(=O)CCCCCCCCC/C=C/CCCCCCCCCC. The zero-order valence-electron chi connectivity index (χ0n) is 40.0. The van der Waals surface area contributed by atoms with E-state index in [1.165, 1.54) is 89.9 Å². The topological polar surface area (TPSA) is 102 Å². The van der Waals surface area contributed by atoms with Crippen molar-refractivity contribution in [2.24, 2.45) is 0 Å². The van der Waals surface area contributed by atoms with Crippen LogP contribution in [0.15, 0.2) is 97.2 Å². The van der Waals surface area contributed by atoms with Crippen molar-refractivity contribution in [3.05, 3.63) is 97.2 Å². The van der Waals surface area contributed by atoms with Gasteiger partial charge in [0.1, 0.15) is 12.6 Å². The molecule has 8 nitrogen and oxygen atoms in total. The van der Waals surface area contributed by atoms with E-state index in [1.807, 2.05) is 72.9 Å². The van der Waals surface area contributed by atoms with Gasteiger partial charge in [0.2, 0.25) is 0 Å². The van der Waals surface area contributed by atoms with Crippen LogP contribution in [0.4, 0.5) is 0 Å². The lowest BCUT2D eigenvalue weighted by Crippen LogP contribution is -2.55. The first kappa shape index (κ1) is 58.2. The van der Waals surface area contributed by atoms with E-state index in [2.05, 4.69) is 38.2 Å². The number of esters is 2. The number of aliphatic carboxylic acids is 1. The van der Waals surface area contributed by atoms with Crippen LogP contribution in [0.5, 0.6) is 0 Å².